The highest BCUT2D eigenvalue weighted by Gasteiger charge is 2.36. The van der Waals surface area contributed by atoms with Crippen molar-refractivity contribution in [3.63, 3.8) is 0 Å². The maximum absolute atomic E-state index is 11.8. The molecule has 0 spiro atoms. The van der Waals surface area contributed by atoms with Crippen molar-refractivity contribution < 1.29 is 19.1 Å². The van der Waals surface area contributed by atoms with E-state index >= 15 is 0 Å². The van der Waals surface area contributed by atoms with Crippen LogP contribution in [0.4, 0.5) is 0 Å². The molecule has 0 fully saturated rings. The number of carboxylic acids is 1. The van der Waals surface area contributed by atoms with E-state index in [1.807, 2.05) is 0 Å². The maximum Gasteiger partial charge on any atom is 0.303 e. The number of hydrogen-bond donors (Lipinski definition) is 1. The lowest BCUT2D eigenvalue weighted by molar-refractivity contribution is -0.137. The van der Waals surface area contributed by atoms with Gasteiger partial charge in [0.15, 0.2) is 8.32 Å². The van der Waals surface area contributed by atoms with Gasteiger partial charge in [0.1, 0.15) is 5.78 Å². The molecule has 142 valence electrons. The van der Waals surface area contributed by atoms with Crippen LogP contribution in [0.15, 0.2) is 0 Å². The summed E-state index contributed by atoms with van der Waals surface area (Å²) in [5.74, 6) is -0.365. The van der Waals surface area contributed by atoms with Crippen LogP contribution < -0.4 is 0 Å². The van der Waals surface area contributed by atoms with Crippen LogP contribution in [0.1, 0.15) is 85.0 Å². The van der Waals surface area contributed by atoms with E-state index in [4.69, 9.17) is 9.53 Å². The average molecular weight is 359 g/mol. The van der Waals surface area contributed by atoms with Gasteiger partial charge in [-0.25, -0.2) is 0 Å². The van der Waals surface area contributed by atoms with Crippen LogP contribution in [0, 0.1) is 0 Å². The molecule has 4 nitrogen and oxygen atoms in total. The minimum absolute atomic E-state index is 0.243. The fraction of sp³-hybridized carbons (Fsp3) is 0.895. The molecule has 24 heavy (non-hydrogen) atoms. The lowest BCUT2D eigenvalue weighted by Gasteiger charge is -2.36. The van der Waals surface area contributed by atoms with E-state index in [-0.39, 0.29) is 11.5 Å². The van der Waals surface area contributed by atoms with E-state index in [0.29, 0.717) is 18.6 Å². The summed E-state index contributed by atoms with van der Waals surface area (Å²) in [6, 6.07) is 0. The summed E-state index contributed by atoms with van der Waals surface area (Å²) < 4.78 is 6.11. The standard InChI is InChI=1S/C19H38O4Si/c1-19(2,3)24(4,5)23-16-12-11-14-17(20)13-9-7-6-8-10-15-18(21)22/h6-16H2,1-5H3,(H,21,22). The SMILES string of the molecule is CC(C)(C)[Si](C)(C)OCCCCC(=O)CCCCCCCC(=O)O. The van der Waals surface area contributed by atoms with E-state index in [9.17, 15) is 9.59 Å². The van der Waals surface area contributed by atoms with Crippen molar-refractivity contribution in [2.45, 2.75) is 103 Å². The molecule has 0 aromatic rings. The zero-order valence-electron chi connectivity index (χ0n) is 16.5. The molecule has 0 aromatic carbocycles. The molecule has 0 bridgehead atoms. The number of Topliss-reactive ketones (excluding diaryl/α,β-unsaturated/α-hetero) is 1. The summed E-state index contributed by atoms with van der Waals surface area (Å²) in [6.07, 6.45) is 8.17. The second-order valence-corrected chi connectivity index (χ2v) is 13.1. The van der Waals surface area contributed by atoms with E-state index < -0.39 is 14.3 Å². The lowest BCUT2D eigenvalue weighted by Crippen LogP contribution is -2.40. The van der Waals surface area contributed by atoms with Gasteiger partial charge in [-0.15, -0.1) is 0 Å². The minimum Gasteiger partial charge on any atom is -0.481 e. The number of rotatable bonds is 14. The van der Waals surface area contributed by atoms with Crippen LogP contribution in [0.5, 0.6) is 0 Å². The highest BCUT2D eigenvalue weighted by molar-refractivity contribution is 6.74. The summed E-state index contributed by atoms with van der Waals surface area (Å²) in [5.41, 5.74) is 0. The Hall–Kier alpha value is -0.683. The van der Waals surface area contributed by atoms with Gasteiger partial charge in [-0.05, 0) is 43.8 Å². The fourth-order valence-corrected chi connectivity index (χ4v) is 3.31. The first-order chi connectivity index (χ1) is 11.1. The predicted molar refractivity (Wildman–Crippen MR) is 102 cm³/mol. The fourth-order valence-electron chi connectivity index (χ4n) is 2.22. The number of hydrogen-bond acceptors (Lipinski definition) is 3. The van der Waals surface area contributed by atoms with Crippen LogP contribution in [-0.2, 0) is 14.0 Å². The molecule has 5 heteroatoms. The third-order valence-electron chi connectivity index (χ3n) is 4.97. The van der Waals surface area contributed by atoms with Crippen LogP contribution in [0.25, 0.3) is 0 Å². The van der Waals surface area contributed by atoms with Crippen molar-refractivity contribution >= 4 is 20.1 Å². The van der Waals surface area contributed by atoms with Crippen molar-refractivity contribution in [2.75, 3.05) is 6.61 Å². The molecule has 0 saturated carbocycles. The highest BCUT2D eigenvalue weighted by Crippen LogP contribution is 2.36. The van der Waals surface area contributed by atoms with E-state index in [1.54, 1.807) is 0 Å². The number of ketones is 1. The summed E-state index contributed by atoms with van der Waals surface area (Å²) in [7, 11) is -1.65. The number of carboxylic acid groups (broad SMARTS) is 1. The predicted octanol–water partition coefficient (Wildman–Crippen LogP) is 5.56. The number of unbranched alkanes of at least 4 members (excludes halogenated alkanes) is 5. The van der Waals surface area contributed by atoms with Crippen molar-refractivity contribution in [3.8, 4) is 0 Å². The second kappa shape index (κ2) is 11.8. The Kier molecular flexibility index (Phi) is 11.5. The van der Waals surface area contributed by atoms with Crippen LogP contribution in [0.2, 0.25) is 18.1 Å². The monoisotopic (exact) mass is 358 g/mol. The van der Waals surface area contributed by atoms with Crippen LogP contribution in [-0.4, -0.2) is 31.8 Å². The quantitative estimate of drug-likeness (QED) is 0.326. The molecular formula is C19H38O4Si. The summed E-state index contributed by atoms with van der Waals surface area (Å²) in [5, 5.41) is 8.79. The van der Waals surface area contributed by atoms with Crippen LogP contribution in [0.3, 0.4) is 0 Å². The second-order valence-electron chi connectivity index (χ2n) is 8.27. The van der Waals surface area contributed by atoms with Gasteiger partial charge in [-0.3, -0.25) is 9.59 Å². The topological polar surface area (TPSA) is 63.6 Å². The summed E-state index contributed by atoms with van der Waals surface area (Å²) in [6.45, 7) is 12.0. The molecule has 0 atom stereocenters. The Morgan fingerprint density at radius 3 is 1.79 bits per heavy atom. The van der Waals surface area contributed by atoms with Crippen LogP contribution >= 0.6 is 0 Å². The third-order valence-corrected chi connectivity index (χ3v) is 9.50. The van der Waals surface area contributed by atoms with Gasteiger partial charge < -0.3 is 9.53 Å². The minimum atomic E-state index is -1.65. The van der Waals surface area contributed by atoms with Gasteiger partial charge in [0, 0.05) is 25.9 Å². The smallest absolute Gasteiger partial charge is 0.303 e. The number of carbonyl (C=O) groups excluding carboxylic acids is 1. The average Bonchev–Trinajstić information content (AvgIpc) is 2.44. The van der Waals surface area contributed by atoms with Crippen molar-refractivity contribution in [2.24, 2.45) is 0 Å². The Labute approximate surface area is 149 Å². The molecular weight excluding hydrogens is 320 g/mol. The van der Waals surface area contributed by atoms with E-state index in [0.717, 1.165) is 51.6 Å². The largest absolute Gasteiger partial charge is 0.481 e. The van der Waals surface area contributed by atoms with E-state index in [1.165, 1.54) is 0 Å². The maximum atomic E-state index is 11.8. The Morgan fingerprint density at radius 1 is 0.833 bits per heavy atom. The number of aliphatic carboxylic acids is 1. The zero-order valence-corrected chi connectivity index (χ0v) is 17.5. The Balaban J connectivity index is 3.52. The summed E-state index contributed by atoms with van der Waals surface area (Å²) >= 11 is 0. The first-order valence-corrected chi connectivity index (χ1v) is 12.3. The molecule has 0 rings (SSSR count). The Bertz CT molecular complexity index is 372. The Morgan fingerprint density at radius 2 is 1.29 bits per heavy atom. The first-order valence-electron chi connectivity index (χ1n) is 9.44. The van der Waals surface area contributed by atoms with Crippen molar-refractivity contribution in [1.82, 2.24) is 0 Å². The normalized spacial score (nSPS) is 12.4. The molecule has 0 radical (unpaired) electrons. The third kappa shape index (κ3) is 11.8. The lowest BCUT2D eigenvalue weighted by atomic mass is 10.0. The van der Waals surface area contributed by atoms with Gasteiger partial charge in [0.2, 0.25) is 0 Å². The molecule has 0 aliphatic carbocycles. The highest BCUT2D eigenvalue weighted by atomic mass is 28.4. The molecule has 0 aliphatic heterocycles. The van der Waals surface area contributed by atoms with Gasteiger partial charge >= 0.3 is 5.97 Å². The molecule has 0 aromatic heterocycles. The molecule has 0 heterocycles. The van der Waals surface area contributed by atoms with Crippen molar-refractivity contribution in [3.05, 3.63) is 0 Å². The molecule has 1 N–H and O–H groups in total. The first kappa shape index (κ1) is 23.3. The van der Waals surface area contributed by atoms with Gasteiger partial charge in [0.25, 0.3) is 0 Å². The molecule has 0 saturated heterocycles. The summed E-state index contributed by atoms with van der Waals surface area (Å²) in [4.78, 5) is 22.2. The molecule has 0 amide bonds. The van der Waals surface area contributed by atoms with Gasteiger partial charge in [0.05, 0.1) is 0 Å². The molecule has 0 unspecified atom stereocenters. The van der Waals surface area contributed by atoms with Gasteiger partial charge in [-0.1, -0.05) is 40.0 Å². The van der Waals surface area contributed by atoms with E-state index in [2.05, 4.69) is 33.9 Å². The number of carbonyl (C=O) groups is 2. The zero-order chi connectivity index (χ0) is 18.6. The van der Waals surface area contributed by atoms with Gasteiger partial charge in [-0.2, -0.15) is 0 Å². The van der Waals surface area contributed by atoms with Crippen molar-refractivity contribution in [1.29, 1.82) is 0 Å². The molecule has 0 aliphatic rings.